The second kappa shape index (κ2) is 4.80. The molecule has 0 amide bonds. The van der Waals surface area contributed by atoms with Gasteiger partial charge in [-0.1, -0.05) is 29.0 Å². The lowest BCUT2D eigenvalue weighted by atomic mass is 10.2. The summed E-state index contributed by atoms with van der Waals surface area (Å²) in [5.41, 5.74) is 1.07. The van der Waals surface area contributed by atoms with Crippen LogP contribution in [0.5, 0.6) is 5.75 Å². The molecule has 84 valence electrons. The zero-order valence-electron chi connectivity index (χ0n) is 8.54. The van der Waals surface area contributed by atoms with Crippen LogP contribution in [0.4, 0.5) is 4.39 Å². The Morgan fingerprint density at radius 1 is 1.50 bits per heavy atom. The van der Waals surface area contributed by atoms with Gasteiger partial charge in [0.15, 0.2) is 5.13 Å². The molecule has 1 heterocycles. The summed E-state index contributed by atoms with van der Waals surface area (Å²) in [6.07, 6.45) is 1.18. The van der Waals surface area contributed by atoms with Crippen LogP contribution in [0.25, 0.3) is 0 Å². The Morgan fingerprint density at radius 3 is 2.94 bits per heavy atom. The van der Waals surface area contributed by atoms with E-state index in [0.717, 1.165) is 16.9 Å². The van der Waals surface area contributed by atoms with Gasteiger partial charge in [0.25, 0.3) is 0 Å². The quantitative estimate of drug-likeness (QED) is 0.834. The molecule has 0 aliphatic carbocycles. The second-order valence-corrected chi connectivity index (χ2v) is 4.75. The standard InChI is InChI=1S/C11H9ClFNOS/c1-7-2-3-9(8(12)4-7)15-6-11-14-5-10(13)16-11/h2-5H,6H2,1H3. The normalized spacial score (nSPS) is 10.4. The van der Waals surface area contributed by atoms with Gasteiger partial charge < -0.3 is 4.74 Å². The van der Waals surface area contributed by atoms with Gasteiger partial charge in [-0.3, -0.25) is 0 Å². The Bertz CT molecular complexity index is 500. The van der Waals surface area contributed by atoms with Crippen LogP contribution in [0.2, 0.25) is 5.02 Å². The monoisotopic (exact) mass is 257 g/mol. The third-order valence-electron chi connectivity index (χ3n) is 1.96. The van der Waals surface area contributed by atoms with Crippen LogP contribution >= 0.6 is 22.9 Å². The number of halogens is 2. The van der Waals surface area contributed by atoms with Crippen molar-refractivity contribution < 1.29 is 9.13 Å². The van der Waals surface area contributed by atoms with Crippen molar-refractivity contribution in [1.82, 2.24) is 4.98 Å². The molecule has 16 heavy (non-hydrogen) atoms. The number of aromatic nitrogens is 1. The van der Waals surface area contributed by atoms with Gasteiger partial charge in [0.05, 0.1) is 11.2 Å². The number of benzene rings is 1. The molecule has 0 atom stereocenters. The van der Waals surface area contributed by atoms with E-state index in [0.29, 0.717) is 15.8 Å². The predicted molar refractivity (Wildman–Crippen MR) is 62.6 cm³/mol. The zero-order chi connectivity index (χ0) is 11.5. The molecule has 0 aliphatic heterocycles. The molecule has 2 nitrogen and oxygen atoms in total. The van der Waals surface area contributed by atoms with Crippen molar-refractivity contribution in [3.63, 3.8) is 0 Å². The summed E-state index contributed by atoms with van der Waals surface area (Å²) in [7, 11) is 0. The fraction of sp³-hybridized carbons (Fsp3) is 0.182. The summed E-state index contributed by atoms with van der Waals surface area (Å²) in [6.45, 7) is 2.18. The van der Waals surface area contributed by atoms with Crippen LogP contribution < -0.4 is 4.74 Å². The predicted octanol–water partition coefficient (Wildman–Crippen LogP) is 3.82. The van der Waals surface area contributed by atoms with E-state index < -0.39 is 0 Å². The molecular weight excluding hydrogens is 249 g/mol. The van der Waals surface area contributed by atoms with Crippen LogP contribution in [0.1, 0.15) is 10.6 Å². The maximum absolute atomic E-state index is 12.7. The number of hydrogen-bond acceptors (Lipinski definition) is 3. The van der Waals surface area contributed by atoms with Gasteiger partial charge in [0.1, 0.15) is 17.4 Å². The van der Waals surface area contributed by atoms with Crippen molar-refractivity contribution in [2.24, 2.45) is 0 Å². The van der Waals surface area contributed by atoms with Gasteiger partial charge in [-0.2, -0.15) is 4.39 Å². The number of aryl methyl sites for hydroxylation is 1. The lowest BCUT2D eigenvalue weighted by Gasteiger charge is -2.06. The molecule has 1 aromatic carbocycles. The molecule has 0 spiro atoms. The van der Waals surface area contributed by atoms with E-state index in [9.17, 15) is 4.39 Å². The van der Waals surface area contributed by atoms with Gasteiger partial charge in [0, 0.05) is 0 Å². The average molecular weight is 258 g/mol. The van der Waals surface area contributed by atoms with E-state index in [1.807, 2.05) is 19.1 Å². The van der Waals surface area contributed by atoms with Crippen molar-refractivity contribution in [3.05, 3.63) is 45.1 Å². The summed E-state index contributed by atoms with van der Waals surface area (Å²) in [5, 5.41) is 0.833. The summed E-state index contributed by atoms with van der Waals surface area (Å²) in [6, 6.07) is 5.52. The first-order valence-corrected chi connectivity index (χ1v) is 5.84. The molecule has 0 fully saturated rings. The summed E-state index contributed by atoms with van der Waals surface area (Å²) in [5.74, 6) is 0.586. The van der Waals surface area contributed by atoms with Gasteiger partial charge in [0.2, 0.25) is 0 Å². The molecule has 1 aromatic heterocycles. The minimum Gasteiger partial charge on any atom is -0.485 e. The SMILES string of the molecule is Cc1ccc(OCc2ncc(F)s2)c(Cl)c1. The third kappa shape index (κ3) is 2.71. The molecule has 2 rings (SSSR count). The van der Waals surface area contributed by atoms with Gasteiger partial charge in [-0.15, -0.1) is 0 Å². The Hall–Kier alpha value is -1.13. The topological polar surface area (TPSA) is 22.1 Å². The highest BCUT2D eigenvalue weighted by atomic mass is 35.5. The van der Waals surface area contributed by atoms with E-state index >= 15 is 0 Å². The first-order chi connectivity index (χ1) is 7.65. The smallest absolute Gasteiger partial charge is 0.196 e. The number of nitrogens with zero attached hydrogens (tertiary/aromatic N) is 1. The van der Waals surface area contributed by atoms with E-state index in [1.54, 1.807) is 6.07 Å². The van der Waals surface area contributed by atoms with Gasteiger partial charge in [-0.05, 0) is 24.6 Å². The largest absolute Gasteiger partial charge is 0.485 e. The Labute approximate surface area is 102 Å². The van der Waals surface area contributed by atoms with Crippen molar-refractivity contribution in [1.29, 1.82) is 0 Å². The van der Waals surface area contributed by atoms with Crippen LogP contribution in [0.3, 0.4) is 0 Å². The van der Waals surface area contributed by atoms with Crippen molar-refractivity contribution in [2.45, 2.75) is 13.5 Å². The Balaban J connectivity index is 2.04. The molecule has 2 aromatic rings. The number of ether oxygens (including phenoxy) is 1. The first-order valence-electron chi connectivity index (χ1n) is 4.64. The van der Waals surface area contributed by atoms with Crippen LogP contribution in [0.15, 0.2) is 24.4 Å². The highest BCUT2D eigenvalue weighted by molar-refractivity contribution is 7.09. The van der Waals surface area contributed by atoms with E-state index in [2.05, 4.69) is 4.98 Å². The molecule has 0 unspecified atom stereocenters. The molecule has 0 N–H and O–H groups in total. The molecule has 0 aliphatic rings. The fourth-order valence-corrected chi connectivity index (χ4v) is 2.06. The average Bonchev–Trinajstić information content (AvgIpc) is 2.63. The number of hydrogen-bond donors (Lipinski definition) is 0. The molecule has 0 saturated heterocycles. The molecule has 0 saturated carbocycles. The second-order valence-electron chi connectivity index (χ2n) is 3.28. The number of rotatable bonds is 3. The molecule has 5 heteroatoms. The van der Waals surface area contributed by atoms with Crippen molar-refractivity contribution in [2.75, 3.05) is 0 Å². The van der Waals surface area contributed by atoms with E-state index in [4.69, 9.17) is 16.3 Å². The molecule has 0 radical (unpaired) electrons. The minimum absolute atomic E-state index is 0.233. The lowest BCUT2D eigenvalue weighted by Crippen LogP contribution is -1.95. The minimum atomic E-state index is -0.311. The molecule has 0 bridgehead atoms. The van der Waals surface area contributed by atoms with Gasteiger partial charge >= 0.3 is 0 Å². The van der Waals surface area contributed by atoms with Crippen molar-refractivity contribution >= 4 is 22.9 Å². The third-order valence-corrected chi connectivity index (χ3v) is 3.02. The number of thiazole rings is 1. The van der Waals surface area contributed by atoms with E-state index in [1.165, 1.54) is 6.20 Å². The highest BCUT2D eigenvalue weighted by Gasteiger charge is 2.05. The Morgan fingerprint density at radius 2 is 2.31 bits per heavy atom. The van der Waals surface area contributed by atoms with Crippen LogP contribution in [-0.4, -0.2) is 4.98 Å². The fourth-order valence-electron chi connectivity index (χ4n) is 1.22. The van der Waals surface area contributed by atoms with E-state index in [-0.39, 0.29) is 11.7 Å². The van der Waals surface area contributed by atoms with Gasteiger partial charge in [-0.25, -0.2) is 4.98 Å². The maximum atomic E-state index is 12.7. The van der Waals surface area contributed by atoms with Crippen molar-refractivity contribution in [3.8, 4) is 5.75 Å². The maximum Gasteiger partial charge on any atom is 0.196 e. The summed E-state index contributed by atoms with van der Waals surface area (Å²) in [4.78, 5) is 3.85. The Kier molecular flexibility index (Phi) is 3.41. The van der Waals surface area contributed by atoms with Crippen LogP contribution in [-0.2, 0) is 6.61 Å². The highest BCUT2D eigenvalue weighted by Crippen LogP contribution is 2.26. The lowest BCUT2D eigenvalue weighted by molar-refractivity contribution is 0.305. The molecular formula is C11H9ClFNOS. The summed E-state index contributed by atoms with van der Waals surface area (Å²) < 4.78 is 18.1. The van der Waals surface area contributed by atoms with Crippen LogP contribution in [0, 0.1) is 12.1 Å². The zero-order valence-corrected chi connectivity index (χ0v) is 10.1. The summed E-state index contributed by atoms with van der Waals surface area (Å²) >= 11 is 6.96. The first kappa shape index (κ1) is 11.4.